The predicted molar refractivity (Wildman–Crippen MR) is 85.7 cm³/mol. The van der Waals surface area contributed by atoms with E-state index in [2.05, 4.69) is 33.4 Å². The molecule has 4 heteroatoms. The number of rotatable bonds is 3. The van der Waals surface area contributed by atoms with Crippen LogP contribution in [0.4, 0.5) is 0 Å². The predicted octanol–water partition coefficient (Wildman–Crippen LogP) is 3.88. The summed E-state index contributed by atoms with van der Waals surface area (Å²) < 4.78 is 6.19. The van der Waals surface area contributed by atoms with E-state index in [1.807, 2.05) is 6.07 Å². The second-order valence-electron chi connectivity index (χ2n) is 5.14. The van der Waals surface area contributed by atoms with Gasteiger partial charge >= 0.3 is 0 Å². The van der Waals surface area contributed by atoms with E-state index in [1.54, 1.807) is 31.4 Å². The molecular weight excluding hydrogens is 330 g/mol. The van der Waals surface area contributed by atoms with Crippen molar-refractivity contribution in [1.29, 1.82) is 0 Å². The van der Waals surface area contributed by atoms with Gasteiger partial charge in [0.25, 0.3) is 5.91 Å². The monoisotopic (exact) mass is 345 g/mol. The van der Waals surface area contributed by atoms with Gasteiger partial charge in [-0.3, -0.25) is 4.79 Å². The molecule has 108 valence electrons. The number of carbonyl (C=O) groups excluding carboxylic acids is 1. The number of hydrogen-bond acceptors (Lipinski definition) is 2. The van der Waals surface area contributed by atoms with E-state index < -0.39 is 0 Å². The number of amides is 1. The zero-order chi connectivity index (χ0) is 14.8. The van der Waals surface area contributed by atoms with Gasteiger partial charge in [-0.25, -0.2) is 0 Å². The fourth-order valence-corrected chi connectivity index (χ4v) is 3.13. The average molecular weight is 346 g/mol. The van der Waals surface area contributed by atoms with Crippen molar-refractivity contribution >= 4 is 21.8 Å². The van der Waals surface area contributed by atoms with Crippen molar-refractivity contribution in [3.05, 3.63) is 63.6 Å². The number of aryl methyl sites for hydroxylation is 1. The van der Waals surface area contributed by atoms with Crippen molar-refractivity contribution < 1.29 is 9.53 Å². The molecule has 0 aliphatic heterocycles. The molecule has 2 aromatic rings. The number of methoxy groups -OCH3 is 1. The third kappa shape index (κ3) is 2.95. The van der Waals surface area contributed by atoms with Crippen LogP contribution >= 0.6 is 15.9 Å². The maximum Gasteiger partial charge on any atom is 0.251 e. The lowest BCUT2D eigenvalue weighted by atomic mass is 10.1. The van der Waals surface area contributed by atoms with Gasteiger partial charge in [0.1, 0.15) is 5.75 Å². The number of hydrogen-bond donors (Lipinski definition) is 1. The number of nitrogens with one attached hydrogen (secondary N) is 1. The summed E-state index contributed by atoms with van der Waals surface area (Å²) in [5, 5.41) is 3.11. The quantitative estimate of drug-likeness (QED) is 0.916. The molecule has 0 bridgehead atoms. The Morgan fingerprint density at radius 2 is 2.00 bits per heavy atom. The van der Waals surface area contributed by atoms with Gasteiger partial charge in [-0.15, -0.1) is 0 Å². The molecule has 1 unspecified atom stereocenters. The van der Waals surface area contributed by atoms with Crippen LogP contribution in [0, 0.1) is 0 Å². The molecule has 1 N–H and O–H groups in total. The van der Waals surface area contributed by atoms with Crippen molar-refractivity contribution in [1.82, 2.24) is 5.32 Å². The summed E-state index contributed by atoms with van der Waals surface area (Å²) in [4.78, 5) is 12.3. The summed E-state index contributed by atoms with van der Waals surface area (Å²) >= 11 is 3.49. The minimum atomic E-state index is -0.0431. The van der Waals surface area contributed by atoms with Crippen LogP contribution in [-0.2, 0) is 6.42 Å². The molecule has 0 fully saturated rings. The normalized spacial score (nSPS) is 16.4. The van der Waals surface area contributed by atoms with Crippen molar-refractivity contribution in [2.24, 2.45) is 0 Å². The van der Waals surface area contributed by atoms with Crippen molar-refractivity contribution in [2.45, 2.75) is 18.9 Å². The van der Waals surface area contributed by atoms with Crippen LogP contribution in [0.2, 0.25) is 0 Å². The third-order valence-electron chi connectivity index (χ3n) is 3.84. The number of ether oxygens (including phenoxy) is 1. The van der Waals surface area contributed by atoms with E-state index in [0.717, 1.165) is 23.1 Å². The molecular formula is C17H16BrNO2. The van der Waals surface area contributed by atoms with Gasteiger partial charge < -0.3 is 10.1 Å². The molecule has 3 rings (SSSR count). The van der Waals surface area contributed by atoms with Gasteiger partial charge in [0.15, 0.2) is 0 Å². The number of fused-ring (bicyclic) bond motifs is 1. The molecule has 0 saturated heterocycles. The van der Waals surface area contributed by atoms with Gasteiger partial charge in [-0.2, -0.15) is 0 Å². The average Bonchev–Trinajstić information content (AvgIpc) is 2.89. The zero-order valence-electron chi connectivity index (χ0n) is 11.7. The standard InChI is InChI=1S/C17H16BrNO2/c1-21-14-6-2-11(3-7-14)17(20)19-16-9-4-12-10-13(18)5-8-15(12)16/h2-3,5-8,10,16H,4,9H2,1H3,(H,19,20). The molecule has 1 aliphatic carbocycles. The first kappa shape index (κ1) is 14.1. The van der Waals surface area contributed by atoms with Crippen molar-refractivity contribution in [3.8, 4) is 5.75 Å². The molecule has 0 heterocycles. The Hall–Kier alpha value is -1.81. The molecule has 0 spiro atoms. The smallest absolute Gasteiger partial charge is 0.251 e. The number of benzene rings is 2. The van der Waals surface area contributed by atoms with Crippen LogP contribution in [0.1, 0.15) is 33.9 Å². The van der Waals surface area contributed by atoms with Crippen LogP contribution in [0.15, 0.2) is 46.9 Å². The fraction of sp³-hybridized carbons (Fsp3) is 0.235. The Balaban J connectivity index is 1.74. The SMILES string of the molecule is COc1ccc(C(=O)NC2CCc3cc(Br)ccc32)cc1. The van der Waals surface area contributed by atoms with E-state index in [-0.39, 0.29) is 11.9 Å². The summed E-state index contributed by atoms with van der Waals surface area (Å²) in [6.45, 7) is 0. The largest absolute Gasteiger partial charge is 0.497 e. The molecule has 3 nitrogen and oxygen atoms in total. The molecule has 1 atom stereocenters. The summed E-state index contributed by atoms with van der Waals surface area (Å²) in [5.74, 6) is 0.709. The summed E-state index contributed by atoms with van der Waals surface area (Å²) in [7, 11) is 1.61. The molecule has 0 aromatic heterocycles. The van der Waals surface area contributed by atoms with Crippen LogP contribution in [0.5, 0.6) is 5.75 Å². The van der Waals surface area contributed by atoms with E-state index in [1.165, 1.54) is 11.1 Å². The van der Waals surface area contributed by atoms with E-state index >= 15 is 0 Å². The van der Waals surface area contributed by atoms with Gasteiger partial charge in [-0.05, 0) is 60.4 Å². The molecule has 0 radical (unpaired) electrons. The molecule has 21 heavy (non-hydrogen) atoms. The van der Waals surface area contributed by atoms with E-state index in [4.69, 9.17) is 4.74 Å². The highest BCUT2D eigenvalue weighted by molar-refractivity contribution is 9.10. The van der Waals surface area contributed by atoms with Gasteiger partial charge in [-0.1, -0.05) is 22.0 Å². The highest BCUT2D eigenvalue weighted by atomic mass is 79.9. The van der Waals surface area contributed by atoms with Gasteiger partial charge in [0.2, 0.25) is 0 Å². The van der Waals surface area contributed by atoms with Crippen molar-refractivity contribution in [3.63, 3.8) is 0 Å². The lowest BCUT2D eigenvalue weighted by Gasteiger charge is -2.14. The fourth-order valence-electron chi connectivity index (χ4n) is 2.72. The lowest BCUT2D eigenvalue weighted by molar-refractivity contribution is 0.0936. The molecule has 0 saturated carbocycles. The molecule has 1 aliphatic rings. The van der Waals surface area contributed by atoms with E-state index in [0.29, 0.717) is 5.56 Å². The van der Waals surface area contributed by atoms with Crippen LogP contribution in [-0.4, -0.2) is 13.0 Å². The van der Waals surface area contributed by atoms with Crippen LogP contribution < -0.4 is 10.1 Å². The minimum Gasteiger partial charge on any atom is -0.497 e. The number of halogens is 1. The Kier molecular flexibility index (Phi) is 3.97. The highest BCUT2D eigenvalue weighted by Gasteiger charge is 2.24. The Labute approximate surface area is 132 Å². The zero-order valence-corrected chi connectivity index (χ0v) is 13.3. The highest BCUT2D eigenvalue weighted by Crippen LogP contribution is 2.33. The van der Waals surface area contributed by atoms with Crippen LogP contribution in [0.3, 0.4) is 0 Å². The Bertz CT molecular complexity index is 667. The maximum atomic E-state index is 12.3. The first-order chi connectivity index (χ1) is 10.2. The van der Waals surface area contributed by atoms with Gasteiger partial charge in [0.05, 0.1) is 13.2 Å². The minimum absolute atomic E-state index is 0.0431. The lowest BCUT2D eigenvalue weighted by Crippen LogP contribution is -2.27. The van der Waals surface area contributed by atoms with E-state index in [9.17, 15) is 4.79 Å². The molecule has 1 amide bonds. The summed E-state index contributed by atoms with van der Waals surface area (Å²) in [6.07, 6.45) is 1.95. The first-order valence-corrected chi connectivity index (χ1v) is 7.70. The molecule has 2 aromatic carbocycles. The maximum absolute atomic E-state index is 12.3. The number of carbonyl (C=O) groups is 1. The van der Waals surface area contributed by atoms with Gasteiger partial charge in [0, 0.05) is 10.0 Å². The Morgan fingerprint density at radius 1 is 1.24 bits per heavy atom. The Morgan fingerprint density at radius 3 is 2.71 bits per heavy atom. The topological polar surface area (TPSA) is 38.3 Å². The second-order valence-corrected chi connectivity index (χ2v) is 6.05. The summed E-state index contributed by atoms with van der Waals surface area (Å²) in [6, 6.07) is 13.5. The third-order valence-corrected chi connectivity index (χ3v) is 4.33. The first-order valence-electron chi connectivity index (χ1n) is 6.90. The summed E-state index contributed by atoms with van der Waals surface area (Å²) in [5.41, 5.74) is 3.19. The second kappa shape index (κ2) is 5.90. The van der Waals surface area contributed by atoms with Crippen molar-refractivity contribution in [2.75, 3.05) is 7.11 Å². The van der Waals surface area contributed by atoms with Crippen LogP contribution in [0.25, 0.3) is 0 Å².